The standard InChI is InChI=1S/C11H12N4O2/c1-2-3-4-5-6-13-11-14-7-8(12)9(15-11)10(16)17/h2-7H,12H2,1H3,(H,16,17)/b3-2-,5-4-,13-6+. The highest BCUT2D eigenvalue weighted by Gasteiger charge is 2.10. The second-order valence-corrected chi connectivity index (χ2v) is 2.97. The molecular formula is C11H12N4O2. The van der Waals surface area contributed by atoms with Gasteiger partial charge in [0.15, 0.2) is 5.69 Å². The van der Waals surface area contributed by atoms with Crippen molar-refractivity contribution < 1.29 is 9.90 Å². The summed E-state index contributed by atoms with van der Waals surface area (Å²) >= 11 is 0. The van der Waals surface area contributed by atoms with Crippen molar-refractivity contribution in [1.82, 2.24) is 9.97 Å². The van der Waals surface area contributed by atoms with Crippen molar-refractivity contribution in [2.75, 3.05) is 5.73 Å². The maximum atomic E-state index is 10.7. The number of hydrogen-bond acceptors (Lipinski definition) is 5. The second-order valence-electron chi connectivity index (χ2n) is 2.97. The fourth-order valence-electron chi connectivity index (χ4n) is 0.950. The van der Waals surface area contributed by atoms with E-state index >= 15 is 0 Å². The van der Waals surface area contributed by atoms with Crippen molar-refractivity contribution in [3.63, 3.8) is 0 Å². The Morgan fingerprint density at radius 1 is 1.47 bits per heavy atom. The van der Waals surface area contributed by atoms with Gasteiger partial charge in [0.2, 0.25) is 5.95 Å². The normalized spacial score (nSPS) is 11.8. The van der Waals surface area contributed by atoms with E-state index in [0.29, 0.717) is 0 Å². The van der Waals surface area contributed by atoms with Crippen LogP contribution in [0.15, 0.2) is 35.5 Å². The van der Waals surface area contributed by atoms with Crippen LogP contribution in [0.25, 0.3) is 0 Å². The zero-order chi connectivity index (χ0) is 12.7. The Morgan fingerprint density at radius 3 is 2.88 bits per heavy atom. The molecule has 0 saturated heterocycles. The summed E-state index contributed by atoms with van der Waals surface area (Å²) in [7, 11) is 0. The largest absolute Gasteiger partial charge is 0.476 e. The molecule has 0 spiro atoms. The van der Waals surface area contributed by atoms with Crippen LogP contribution in [-0.2, 0) is 0 Å². The van der Waals surface area contributed by atoms with Crippen LogP contribution < -0.4 is 5.73 Å². The first-order valence-corrected chi connectivity index (χ1v) is 4.83. The van der Waals surface area contributed by atoms with Crippen molar-refractivity contribution in [3.05, 3.63) is 36.2 Å². The number of hydrogen-bond donors (Lipinski definition) is 2. The van der Waals surface area contributed by atoms with E-state index in [4.69, 9.17) is 10.8 Å². The average Bonchev–Trinajstić information content (AvgIpc) is 2.30. The number of allylic oxidation sites excluding steroid dienone is 4. The van der Waals surface area contributed by atoms with Gasteiger partial charge in [-0.1, -0.05) is 18.2 Å². The Kier molecular flexibility index (Phi) is 4.56. The van der Waals surface area contributed by atoms with E-state index in [1.807, 2.05) is 19.1 Å². The molecule has 6 nitrogen and oxygen atoms in total. The molecule has 0 bridgehead atoms. The number of aliphatic imine (C=N–C) groups is 1. The van der Waals surface area contributed by atoms with Gasteiger partial charge in [0.25, 0.3) is 0 Å². The van der Waals surface area contributed by atoms with Crippen molar-refractivity contribution in [3.8, 4) is 0 Å². The molecule has 88 valence electrons. The number of carboxylic acid groups (broad SMARTS) is 1. The summed E-state index contributed by atoms with van der Waals surface area (Å²) in [6.45, 7) is 1.89. The molecule has 0 radical (unpaired) electrons. The van der Waals surface area contributed by atoms with Crippen LogP contribution in [0.5, 0.6) is 0 Å². The molecule has 1 heterocycles. The maximum Gasteiger partial charge on any atom is 0.356 e. The quantitative estimate of drug-likeness (QED) is 0.606. The van der Waals surface area contributed by atoms with E-state index < -0.39 is 5.97 Å². The van der Waals surface area contributed by atoms with Crippen LogP contribution in [0.1, 0.15) is 17.4 Å². The molecule has 0 atom stereocenters. The molecular weight excluding hydrogens is 220 g/mol. The molecule has 0 fully saturated rings. The Labute approximate surface area is 98.2 Å². The molecule has 0 saturated carbocycles. The van der Waals surface area contributed by atoms with Crippen molar-refractivity contribution >= 4 is 23.8 Å². The lowest BCUT2D eigenvalue weighted by Gasteiger charge is -1.98. The number of aromatic nitrogens is 2. The Balaban J connectivity index is 2.86. The van der Waals surface area contributed by atoms with Gasteiger partial charge in [0, 0.05) is 6.21 Å². The van der Waals surface area contributed by atoms with Crippen LogP contribution in [0, 0.1) is 0 Å². The Morgan fingerprint density at radius 2 is 2.24 bits per heavy atom. The molecule has 17 heavy (non-hydrogen) atoms. The third-order valence-electron chi connectivity index (χ3n) is 1.70. The number of anilines is 1. The second kappa shape index (κ2) is 6.16. The molecule has 0 aliphatic carbocycles. The fourth-order valence-corrected chi connectivity index (χ4v) is 0.950. The third kappa shape index (κ3) is 3.86. The van der Waals surface area contributed by atoms with Crippen LogP contribution in [-0.4, -0.2) is 27.3 Å². The number of aromatic carboxylic acids is 1. The van der Waals surface area contributed by atoms with Crippen LogP contribution in [0.2, 0.25) is 0 Å². The van der Waals surface area contributed by atoms with Gasteiger partial charge in [0.05, 0.1) is 11.9 Å². The van der Waals surface area contributed by atoms with Crippen molar-refractivity contribution in [2.45, 2.75) is 6.92 Å². The van der Waals surface area contributed by atoms with Gasteiger partial charge >= 0.3 is 5.97 Å². The van der Waals surface area contributed by atoms with E-state index in [1.54, 1.807) is 12.2 Å². The molecule has 0 aliphatic heterocycles. The van der Waals surface area contributed by atoms with Gasteiger partial charge in [-0.05, 0) is 13.0 Å². The Hall–Kier alpha value is -2.50. The van der Waals surface area contributed by atoms with Gasteiger partial charge in [-0.3, -0.25) is 0 Å². The van der Waals surface area contributed by atoms with E-state index in [1.165, 1.54) is 12.4 Å². The highest BCUT2D eigenvalue weighted by Crippen LogP contribution is 2.11. The van der Waals surface area contributed by atoms with Gasteiger partial charge in [-0.25, -0.2) is 19.8 Å². The summed E-state index contributed by atoms with van der Waals surface area (Å²) < 4.78 is 0. The SMILES string of the molecule is C\C=C/C=C\C=N\c1ncc(N)c(C(=O)O)n1. The zero-order valence-corrected chi connectivity index (χ0v) is 9.24. The minimum absolute atomic E-state index is 0.0147. The van der Waals surface area contributed by atoms with Crippen molar-refractivity contribution in [1.29, 1.82) is 0 Å². The lowest BCUT2D eigenvalue weighted by atomic mass is 10.3. The van der Waals surface area contributed by atoms with Gasteiger partial charge in [-0.15, -0.1) is 0 Å². The first-order valence-electron chi connectivity index (χ1n) is 4.83. The lowest BCUT2D eigenvalue weighted by Crippen LogP contribution is -2.06. The van der Waals surface area contributed by atoms with Crippen LogP contribution in [0.3, 0.4) is 0 Å². The van der Waals surface area contributed by atoms with Gasteiger partial charge < -0.3 is 10.8 Å². The molecule has 0 aromatic carbocycles. The van der Waals surface area contributed by atoms with Gasteiger partial charge in [0.1, 0.15) is 0 Å². The fraction of sp³-hybridized carbons (Fsp3) is 0.0909. The van der Waals surface area contributed by atoms with E-state index in [9.17, 15) is 4.79 Å². The first kappa shape index (κ1) is 12.6. The van der Waals surface area contributed by atoms with E-state index in [2.05, 4.69) is 15.0 Å². The summed E-state index contributed by atoms with van der Waals surface area (Å²) in [5.74, 6) is -1.15. The van der Waals surface area contributed by atoms with Crippen LogP contribution in [0.4, 0.5) is 11.6 Å². The Bertz CT molecular complexity index is 492. The van der Waals surface area contributed by atoms with Crippen molar-refractivity contribution in [2.24, 2.45) is 4.99 Å². The zero-order valence-electron chi connectivity index (χ0n) is 9.24. The molecule has 0 unspecified atom stereocenters. The number of nitrogens with zero attached hydrogens (tertiary/aromatic N) is 3. The molecule has 1 aromatic heterocycles. The number of rotatable bonds is 4. The van der Waals surface area contributed by atoms with E-state index in [-0.39, 0.29) is 17.3 Å². The molecule has 1 rings (SSSR count). The predicted molar refractivity (Wildman–Crippen MR) is 65.5 cm³/mol. The summed E-state index contributed by atoms with van der Waals surface area (Å²) in [6, 6.07) is 0. The third-order valence-corrected chi connectivity index (χ3v) is 1.70. The summed E-state index contributed by atoms with van der Waals surface area (Å²) in [4.78, 5) is 22.1. The maximum absolute atomic E-state index is 10.7. The smallest absolute Gasteiger partial charge is 0.356 e. The highest BCUT2D eigenvalue weighted by atomic mass is 16.4. The minimum Gasteiger partial charge on any atom is -0.476 e. The monoisotopic (exact) mass is 232 g/mol. The molecule has 1 aromatic rings. The predicted octanol–water partition coefficient (Wildman–Crippen LogP) is 1.59. The molecule has 0 aliphatic rings. The summed E-state index contributed by atoms with van der Waals surface area (Å²) in [5.41, 5.74) is 5.17. The number of nitrogen functional groups attached to an aromatic ring is 1. The molecule has 0 amide bonds. The number of nitrogens with two attached hydrogens (primary N) is 1. The van der Waals surface area contributed by atoms with E-state index in [0.717, 1.165) is 0 Å². The average molecular weight is 232 g/mol. The number of carboxylic acids is 1. The van der Waals surface area contributed by atoms with Gasteiger partial charge in [-0.2, -0.15) is 0 Å². The number of carbonyl (C=O) groups is 1. The first-order chi connectivity index (χ1) is 8.15. The highest BCUT2D eigenvalue weighted by molar-refractivity contribution is 5.91. The molecule has 3 N–H and O–H groups in total. The lowest BCUT2D eigenvalue weighted by molar-refractivity contribution is 0.0691. The summed E-state index contributed by atoms with van der Waals surface area (Å²) in [5, 5.41) is 8.79. The summed E-state index contributed by atoms with van der Waals surface area (Å²) in [6.07, 6.45) is 9.85. The minimum atomic E-state index is -1.20. The topological polar surface area (TPSA) is 101 Å². The van der Waals surface area contributed by atoms with Crippen LogP contribution >= 0.6 is 0 Å². The molecule has 6 heteroatoms.